The quantitative estimate of drug-likeness (QED) is 0.206. The zero-order valence-electron chi connectivity index (χ0n) is 21.9. The van der Waals surface area contributed by atoms with Crippen molar-refractivity contribution in [3.8, 4) is 51.5 Å². The summed E-state index contributed by atoms with van der Waals surface area (Å²) in [4.78, 5) is 25.0. The van der Waals surface area contributed by atoms with Crippen LogP contribution < -0.4 is 30.0 Å². The van der Waals surface area contributed by atoms with E-state index in [2.05, 4.69) is 6.07 Å². The lowest BCUT2D eigenvalue weighted by atomic mass is 9.97. The number of hydrogen-bond acceptors (Lipinski definition) is 8. The molecule has 0 saturated heterocycles. The van der Waals surface area contributed by atoms with Crippen molar-refractivity contribution in [3.63, 3.8) is 0 Å². The Kier molecular flexibility index (Phi) is 9.73. The van der Waals surface area contributed by atoms with Gasteiger partial charge in [-0.05, 0) is 66.4 Å². The smallest absolute Gasteiger partial charge is 0.269 e. The molecule has 3 rings (SSSR count). The molecule has 0 radical (unpaired) electrons. The fourth-order valence-electron chi connectivity index (χ4n) is 4.23. The number of amides is 1. The van der Waals surface area contributed by atoms with Crippen molar-refractivity contribution < 1.29 is 28.9 Å². The highest BCUT2D eigenvalue weighted by atomic mass is 16.5. The number of hydrogen-bond donors (Lipinski definition) is 2. The summed E-state index contributed by atoms with van der Waals surface area (Å²) in [5.74, 6) is 1.40. The summed E-state index contributed by atoms with van der Waals surface area (Å²) in [6, 6.07) is 14.6. The summed E-state index contributed by atoms with van der Waals surface area (Å²) in [6.45, 7) is 0.338. The van der Waals surface area contributed by atoms with Crippen LogP contribution in [0.5, 0.6) is 23.0 Å². The Labute approximate surface area is 220 Å². The van der Waals surface area contributed by atoms with Gasteiger partial charge >= 0.3 is 0 Å². The van der Waals surface area contributed by atoms with Crippen LogP contribution in [0, 0.1) is 11.3 Å². The summed E-state index contributed by atoms with van der Waals surface area (Å²) in [5.41, 5.74) is 3.54. The van der Waals surface area contributed by atoms with E-state index in [4.69, 9.17) is 24.2 Å². The van der Waals surface area contributed by atoms with Crippen LogP contribution in [-0.4, -0.2) is 44.1 Å². The van der Waals surface area contributed by atoms with E-state index in [1.165, 1.54) is 21.3 Å². The SMILES string of the molecule is COc1ccc(-c2cc(-c3cc(OC)c(OC)c(OC)c3)c(C#N)c(=O)n2CCCCCC(=O)NO)cc1. The molecule has 10 heteroatoms. The average Bonchev–Trinajstić information content (AvgIpc) is 2.96. The van der Waals surface area contributed by atoms with Crippen LogP contribution in [0.4, 0.5) is 0 Å². The zero-order valence-corrected chi connectivity index (χ0v) is 21.9. The highest BCUT2D eigenvalue weighted by Gasteiger charge is 2.21. The molecule has 1 heterocycles. The van der Waals surface area contributed by atoms with Crippen molar-refractivity contribution in [2.75, 3.05) is 28.4 Å². The van der Waals surface area contributed by atoms with Gasteiger partial charge in [-0.1, -0.05) is 6.42 Å². The first-order valence-corrected chi connectivity index (χ1v) is 12.0. The molecule has 0 fully saturated rings. The highest BCUT2D eigenvalue weighted by Crippen LogP contribution is 2.42. The van der Waals surface area contributed by atoms with Gasteiger partial charge in [0.15, 0.2) is 11.5 Å². The number of carbonyl (C=O) groups is 1. The molecule has 0 unspecified atom stereocenters. The third kappa shape index (κ3) is 6.07. The monoisotopic (exact) mass is 521 g/mol. The minimum absolute atomic E-state index is 0.0174. The fraction of sp³-hybridized carbons (Fsp3) is 0.321. The molecule has 0 aliphatic heterocycles. The largest absolute Gasteiger partial charge is 0.497 e. The third-order valence-electron chi connectivity index (χ3n) is 6.18. The number of ether oxygens (including phenoxy) is 4. The number of aromatic nitrogens is 1. The molecule has 0 aliphatic rings. The molecule has 10 nitrogen and oxygen atoms in total. The van der Waals surface area contributed by atoms with Gasteiger partial charge in [0, 0.05) is 18.5 Å². The first-order valence-electron chi connectivity index (χ1n) is 12.0. The molecule has 1 amide bonds. The Morgan fingerprint density at radius 2 is 1.58 bits per heavy atom. The van der Waals surface area contributed by atoms with Crippen molar-refractivity contribution >= 4 is 5.91 Å². The van der Waals surface area contributed by atoms with Gasteiger partial charge in [0.05, 0.1) is 34.1 Å². The number of carbonyl (C=O) groups excluding carboxylic acids is 1. The number of nitrogens with one attached hydrogen (secondary N) is 1. The number of hydroxylamine groups is 1. The molecule has 2 N–H and O–H groups in total. The molecule has 0 bridgehead atoms. The van der Waals surface area contributed by atoms with E-state index in [0.29, 0.717) is 65.6 Å². The summed E-state index contributed by atoms with van der Waals surface area (Å²) in [5, 5.41) is 18.7. The molecule has 38 heavy (non-hydrogen) atoms. The van der Waals surface area contributed by atoms with E-state index < -0.39 is 11.5 Å². The van der Waals surface area contributed by atoms with Gasteiger partial charge in [0.1, 0.15) is 17.4 Å². The van der Waals surface area contributed by atoms with Crippen LogP contribution in [0.25, 0.3) is 22.4 Å². The van der Waals surface area contributed by atoms with Gasteiger partial charge < -0.3 is 23.5 Å². The molecule has 0 saturated carbocycles. The minimum atomic E-state index is -0.456. The Hall–Kier alpha value is -4.49. The Balaban J connectivity index is 2.16. The summed E-state index contributed by atoms with van der Waals surface area (Å²) in [6.07, 6.45) is 1.97. The summed E-state index contributed by atoms with van der Waals surface area (Å²) < 4.78 is 23.2. The number of rotatable bonds is 12. The topological polar surface area (TPSA) is 132 Å². The van der Waals surface area contributed by atoms with E-state index >= 15 is 0 Å². The van der Waals surface area contributed by atoms with Gasteiger partial charge in [-0.2, -0.15) is 5.26 Å². The van der Waals surface area contributed by atoms with Crippen molar-refractivity contribution in [2.24, 2.45) is 0 Å². The maximum absolute atomic E-state index is 13.7. The first-order chi connectivity index (χ1) is 18.4. The summed E-state index contributed by atoms with van der Waals surface area (Å²) in [7, 11) is 6.07. The number of methoxy groups -OCH3 is 4. The molecule has 3 aromatic rings. The van der Waals surface area contributed by atoms with E-state index in [-0.39, 0.29) is 12.0 Å². The number of nitrogens with zero attached hydrogens (tertiary/aromatic N) is 2. The maximum Gasteiger partial charge on any atom is 0.269 e. The standard InChI is InChI=1S/C28H31N3O7/c1-35-20-11-9-18(10-12-20)23-16-21(19-14-24(36-2)27(38-4)25(15-19)37-3)22(17-29)28(33)31(23)13-7-5-6-8-26(32)30-34/h9-12,14-16,34H,5-8,13H2,1-4H3,(H,30,32). The van der Waals surface area contributed by atoms with Gasteiger partial charge in [-0.3, -0.25) is 14.8 Å². The molecule has 0 atom stereocenters. The van der Waals surface area contributed by atoms with E-state index in [0.717, 1.165) is 5.56 Å². The average molecular weight is 522 g/mol. The number of unbranched alkanes of at least 4 members (excludes halogenated alkanes) is 2. The number of benzene rings is 2. The fourth-order valence-corrected chi connectivity index (χ4v) is 4.23. The lowest BCUT2D eigenvalue weighted by Crippen LogP contribution is -2.25. The van der Waals surface area contributed by atoms with E-state index in [1.807, 2.05) is 18.2 Å². The van der Waals surface area contributed by atoms with Crippen molar-refractivity contribution in [3.05, 3.63) is 58.4 Å². The van der Waals surface area contributed by atoms with Crippen LogP contribution in [0.2, 0.25) is 0 Å². The lowest BCUT2D eigenvalue weighted by molar-refractivity contribution is -0.129. The Bertz CT molecular complexity index is 1350. The van der Waals surface area contributed by atoms with Gasteiger partial charge in [-0.15, -0.1) is 0 Å². The van der Waals surface area contributed by atoms with E-state index in [1.54, 1.807) is 41.4 Å². The Morgan fingerprint density at radius 1 is 0.921 bits per heavy atom. The molecule has 200 valence electrons. The van der Waals surface area contributed by atoms with Gasteiger partial charge in [0.25, 0.3) is 5.56 Å². The number of pyridine rings is 1. The van der Waals surface area contributed by atoms with Crippen molar-refractivity contribution in [2.45, 2.75) is 32.2 Å². The van der Waals surface area contributed by atoms with Crippen LogP contribution >= 0.6 is 0 Å². The second-order valence-corrected chi connectivity index (χ2v) is 8.38. The lowest BCUT2D eigenvalue weighted by Gasteiger charge is -2.18. The highest BCUT2D eigenvalue weighted by molar-refractivity contribution is 5.79. The minimum Gasteiger partial charge on any atom is -0.497 e. The Morgan fingerprint density at radius 3 is 2.11 bits per heavy atom. The third-order valence-corrected chi connectivity index (χ3v) is 6.18. The summed E-state index contributed by atoms with van der Waals surface area (Å²) >= 11 is 0. The predicted molar refractivity (Wildman–Crippen MR) is 141 cm³/mol. The molecule has 0 spiro atoms. The van der Waals surface area contributed by atoms with Gasteiger partial charge in [0.2, 0.25) is 11.7 Å². The van der Waals surface area contributed by atoms with Crippen molar-refractivity contribution in [1.82, 2.24) is 10.0 Å². The first kappa shape index (κ1) is 28.1. The second-order valence-electron chi connectivity index (χ2n) is 8.38. The molecular formula is C28H31N3O7. The van der Waals surface area contributed by atoms with Crippen LogP contribution in [0.3, 0.4) is 0 Å². The molecule has 1 aromatic heterocycles. The van der Waals surface area contributed by atoms with E-state index in [9.17, 15) is 14.9 Å². The van der Waals surface area contributed by atoms with Crippen molar-refractivity contribution in [1.29, 1.82) is 5.26 Å². The van der Waals surface area contributed by atoms with Crippen LogP contribution in [-0.2, 0) is 11.3 Å². The molecular weight excluding hydrogens is 490 g/mol. The molecule has 0 aliphatic carbocycles. The predicted octanol–water partition coefficient (Wildman–Crippen LogP) is 4.15. The van der Waals surface area contributed by atoms with Gasteiger partial charge in [-0.25, -0.2) is 5.48 Å². The van der Waals surface area contributed by atoms with Crippen LogP contribution in [0.1, 0.15) is 31.2 Å². The normalized spacial score (nSPS) is 10.4. The second kappa shape index (κ2) is 13.2. The number of nitriles is 1. The zero-order chi connectivity index (χ0) is 27.7. The molecule has 2 aromatic carbocycles. The van der Waals surface area contributed by atoms with Crippen LogP contribution in [0.15, 0.2) is 47.3 Å². The maximum atomic E-state index is 13.7.